The molecule has 0 aliphatic carbocycles. The van der Waals surface area contributed by atoms with Gasteiger partial charge in [0.25, 0.3) is 0 Å². The summed E-state index contributed by atoms with van der Waals surface area (Å²) < 4.78 is 26.3. The molecule has 0 saturated carbocycles. The van der Waals surface area contributed by atoms with Crippen LogP contribution < -0.4 is 4.90 Å². The summed E-state index contributed by atoms with van der Waals surface area (Å²) in [6, 6.07) is 23.8. The van der Waals surface area contributed by atoms with Crippen LogP contribution in [0.25, 0.3) is 10.2 Å². The highest BCUT2D eigenvalue weighted by atomic mass is 32.2. The van der Waals surface area contributed by atoms with Gasteiger partial charge in [-0.25, -0.2) is 13.4 Å². The molecule has 1 aromatic heterocycles. The van der Waals surface area contributed by atoms with E-state index in [0.29, 0.717) is 11.7 Å². The monoisotopic (exact) mass is 450 g/mol. The molecule has 0 N–H and O–H groups in total. The standard InChI is InChI=1S/C24H22N2O3S2/c1-18-12-13-21-22(16-18)30-24(25-21)26(17-19-8-4-2-5-9-19)23(27)14-15-31(28,29)20-10-6-3-7-11-20/h2-13,16H,14-15,17H2,1H3. The fourth-order valence-electron chi connectivity index (χ4n) is 3.27. The van der Waals surface area contributed by atoms with Crippen LogP contribution in [-0.2, 0) is 21.2 Å². The number of fused-ring (bicyclic) bond motifs is 1. The van der Waals surface area contributed by atoms with Crippen molar-refractivity contribution in [3.8, 4) is 0 Å². The van der Waals surface area contributed by atoms with E-state index < -0.39 is 9.84 Å². The summed E-state index contributed by atoms with van der Waals surface area (Å²) in [4.78, 5) is 19.7. The predicted molar refractivity (Wildman–Crippen MR) is 125 cm³/mol. The Labute approximate surface area is 185 Å². The molecule has 1 heterocycles. The molecule has 0 spiro atoms. The van der Waals surface area contributed by atoms with Gasteiger partial charge in [-0.3, -0.25) is 9.69 Å². The number of nitrogens with zero attached hydrogens (tertiary/aromatic N) is 2. The van der Waals surface area contributed by atoms with E-state index in [1.807, 2.05) is 55.5 Å². The number of carbonyl (C=O) groups is 1. The lowest BCUT2D eigenvalue weighted by Crippen LogP contribution is -2.31. The first-order chi connectivity index (χ1) is 14.9. The van der Waals surface area contributed by atoms with Crippen molar-refractivity contribution < 1.29 is 13.2 Å². The molecule has 0 fully saturated rings. The van der Waals surface area contributed by atoms with Gasteiger partial charge in [0, 0.05) is 6.42 Å². The summed E-state index contributed by atoms with van der Waals surface area (Å²) in [6.07, 6.45) is -0.112. The molecular weight excluding hydrogens is 428 g/mol. The quantitative estimate of drug-likeness (QED) is 0.397. The second kappa shape index (κ2) is 8.99. The first kappa shape index (κ1) is 21.2. The smallest absolute Gasteiger partial charge is 0.230 e. The Hall–Kier alpha value is -3.03. The van der Waals surface area contributed by atoms with Crippen LogP contribution in [0.4, 0.5) is 5.13 Å². The highest BCUT2D eigenvalue weighted by Crippen LogP contribution is 2.31. The zero-order valence-corrected chi connectivity index (χ0v) is 18.7. The molecule has 4 aromatic rings. The van der Waals surface area contributed by atoms with Crippen molar-refractivity contribution in [1.82, 2.24) is 4.98 Å². The van der Waals surface area contributed by atoms with Crippen molar-refractivity contribution in [2.24, 2.45) is 0 Å². The summed E-state index contributed by atoms with van der Waals surface area (Å²) in [6.45, 7) is 2.35. The van der Waals surface area contributed by atoms with Crippen LogP contribution in [0.15, 0.2) is 83.8 Å². The minimum absolute atomic E-state index is 0.112. The van der Waals surface area contributed by atoms with Gasteiger partial charge in [0.15, 0.2) is 15.0 Å². The number of hydrogen-bond acceptors (Lipinski definition) is 5. The summed E-state index contributed by atoms with van der Waals surface area (Å²) in [5.41, 5.74) is 2.91. The fourth-order valence-corrected chi connectivity index (χ4v) is 5.60. The SMILES string of the molecule is Cc1ccc2nc(N(Cc3ccccc3)C(=O)CCS(=O)(=O)c3ccccc3)sc2c1. The van der Waals surface area contributed by atoms with Crippen LogP contribution in [0.5, 0.6) is 0 Å². The van der Waals surface area contributed by atoms with Crippen LogP contribution in [0.3, 0.4) is 0 Å². The van der Waals surface area contributed by atoms with Gasteiger partial charge in [-0.1, -0.05) is 65.9 Å². The van der Waals surface area contributed by atoms with E-state index in [0.717, 1.165) is 21.3 Å². The molecule has 31 heavy (non-hydrogen) atoms. The molecule has 0 saturated heterocycles. The van der Waals surface area contributed by atoms with Crippen molar-refractivity contribution in [3.63, 3.8) is 0 Å². The third-order valence-electron chi connectivity index (χ3n) is 4.94. The summed E-state index contributed by atoms with van der Waals surface area (Å²) >= 11 is 1.44. The Morgan fingerprint density at radius 1 is 0.968 bits per heavy atom. The number of benzene rings is 3. The zero-order valence-electron chi connectivity index (χ0n) is 17.1. The number of carbonyl (C=O) groups excluding carboxylic acids is 1. The normalized spacial score (nSPS) is 11.5. The van der Waals surface area contributed by atoms with E-state index in [9.17, 15) is 13.2 Å². The predicted octanol–water partition coefficient (Wildman–Crippen LogP) is 5.00. The second-order valence-corrected chi connectivity index (χ2v) is 10.4. The van der Waals surface area contributed by atoms with Crippen LogP contribution in [0.1, 0.15) is 17.5 Å². The van der Waals surface area contributed by atoms with Crippen molar-refractivity contribution in [3.05, 3.63) is 90.0 Å². The van der Waals surface area contributed by atoms with E-state index in [4.69, 9.17) is 0 Å². The van der Waals surface area contributed by atoms with Gasteiger partial charge in [-0.05, 0) is 42.3 Å². The molecule has 158 valence electrons. The van der Waals surface area contributed by atoms with E-state index in [2.05, 4.69) is 4.98 Å². The Balaban J connectivity index is 1.61. The third-order valence-corrected chi connectivity index (χ3v) is 7.71. The molecule has 1 amide bonds. The Morgan fingerprint density at radius 3 is 2.35 bits per heavy atom. The molecule has 0 aliphatic heterocycles. The molecular formula is C24H22N2O3S2. The van der Waals surface area contributed by atoms with Gasteiger partial charge < -0.3 is 0 Å². The fraction of sp³-hybridized carbons (Fsp3) is 0.167. The average molecular weight is 451 g/mol. The van der Waals surface area contributed by atoms with Crippen molar-refractivity contribution in [2.75, 3.05) is 10.7 Å². The van der Waals surface area contributed by atoms with Gasteiger partial charge in [-0.15, -0.1) is 0 Å². The Bertz CT molecular complexity index is 1300. The van der Waals surface area contributed by atoms with E-state index in [-0.39, 0.29) is 23.0 Å². The summed E-state index contributed by atoms with van der Waals surface area (Å²) in [7, 11) is -3.54. The topological polar surface area (TPSA) is 67.3 Å². The Kier molecular flexibility index (Phi) is 6.15. The lowest BCUT2D eigenvalue weighted by Gasteiger charge is -2.20. The number of thiazole rings is 1. The van der Waals surface area contributed by atoms with Crippen LogP contribution in [0.2, 0.25) is 0 Å². The largest absolute Gasteiger partial charge is 0.284 e. The molecule has 7 heteroatoms. The van der Waals surface area contributed by atoms with Crippen LogP contribution >= 0.6 is 11.3 Å². The molecule has 4 rings (SSSR count). The molecule has 0 bridgehead atoms. The number of aromatic nitrogens is 1. The third kappa shape index (κ3) is 5.00. The van der Waals surface area contributed by atoms with Crippen molar-refractivity contribution >= 4 is 42.4 Å². The number of hydrogen-bond donors (Lipinski definition) is 0. The highest BCUT2D eigenvalue weighted by molar-refractivity contribution is 7.91. The summed E-state index contributed by atoms with van der Waals surface area (Å²) in [5.74, 6) is -0.510. The highest BCUT2D eigenvalue weighted by Gasteiger charge is 2.23. The molecule has 0 aliphatic rings. The maximum Gasteiger partial charge on any atom is 0.230 e. The van der Waals surface area contributed by atoms with Gasteiger partial charge in [-0.2, -0.15) is 0 Å². The maximum absolute atomic E-state index is 13.2. The van der Waals surface area contributed by atoms with Gasteiger partial charge in [0.05, 0.1) is 27.4 Å². The number of anilines is 1. The number of amides is 1. The lowest BCUT2D eigenvalue weighted by atomic mass is 10.2. The molecule has 5 nitrogen and oxygen atoms in total. The lowest BCUT2D eigenvalue weighted by molar-refractivity contribution is -0.118. The molecule has 3 aromatic carbocycles. The van der Waals surface area contributed by atoms with Crippen LogP contribution in [0, 0.1) is 6.92 Å². The number of sulfone groups is 1. The molecule has 0 unspecified atom stereocenters. The molecule has 0 atom stereocenters. The van der Waals surface area contributed by atoms with Crippen LogP contribution in [-0.4, -0.2) is 25.1 Å². The minimum Gasteiger partial charge on any atom is -0.284 e. The minimum atomic E-state index is -3.54. The second-order valence-electron chi connectivity index (χ2n) is 7.32. The Morgan fingerprint density at radius 2 is 1.65 bits per heavy atom. The maximum atomic E-state index is 13.2. The van der Waals surface area contributed by atoms with E-state index >= 15 is 0 Å². The zero-order chi connectivity index (χ0) is 21.8. The van der Waals surface area contributed by atoms with Crippen molar-refractivity contribution in [1.29, 1.82) is 0 Å². The average Bonchev–Trinajstić information content (AvgIpc) is 3.20. The van der Waals surface area contributed by atoms with Gasteiger partial charge in [0.1, 0.15) is 0 Å². The van der Waals surface area contributed by atoms with E-state index in [1.54, 1.807) is 35.2 Å². The van der Waals surface area contributed by atoms with Crippen molar-refractivity contribution in [2.45, 2.75) is 24.8 Å². The van der Waals surface area contributed by atoms with E-state index in [1.165, 1.54) is 11.3 Å². The number of rotatable bonds is 7. The first-order valence-electron chi connectivity index (χ1n) is 9.92. The first-order valence-corrected chi connectivity index (χ1v) is 12.4. The van der Waals surface area contributed by atoms with Gasteiger partial charge >= 0.3 is 0 Å². The summed E-state index contributed by atoms with van der Waals surface area (Å²) in [5, 5.41) is 0.576. The van der Waals surface area contributed by atoms with Gasteiger partial charge in [0.2, 0.25) is 5.91 Å². The number of aryl methyl sites for hydroxylation is 1. The molecule has 0 radical (unpaired) electrons.